The highest BCUT2D eigenvalue weighted by atomic mass is 35.7. The van der Waals surface area contributed by atoms with Crippen molar-refractivity contribution >= 4 is 29.6 Å². The van der Waals surface area contributed by atoms with Crippen LogP contribution in [0.15, 0.2) is 10.5 Å². The van der Waals surface area contributed by atoms with E-state index in [0.717, 1.165) is 0 Å². The Hall–Kier alpha value is -0.0700. The summed E-state index contributed by atoms with van der Waals surface area (Å²) in [5.41, 5.74) is 0.324. The Morgan fingerprint density at radius 1 is 1.33 bits per heavy atom. The number of hydrogen-bond donors (Lipinski definition) is 0. The van der Waals surface area contributed by atoms with Crippen molar-refractivity contribution in [2.24, 2.45) is 0 Å². The predicted molar refractivity (Wildman–Crippen MR) is 46.1 cm³/mol. The fourth-order valence-electron chi connectivity index (χ4n) is 1.06. The van der Waals surface area contributed by atoms with Crippen molar-refractivity contribution in [3.05, 3.63) is 10.5 Å². The van der Waals surface area contributed by atoms with E-state index >= 15 is 0 Å². The topological polar surface area (TPSA) is 68.3 Å². The van der Waals surface area contributed by atoms with Crippen LogP contribution in [0, 0.1) is 0 Å². The monoisotopic (exact) mass is 230 g/mol. The van der Waals surface area contributed by atoms with E-state index in [1.54, 1.807) is 0 Å². The van der Waals surface area contributed by atoms with E-state index in [-0.39, 0.29) is 10.7 Å². The van der Waals surface area contributed by atoms with Crippen molar-refractivity contribution in [3.63, 3.8) is 0 Å². The van der Waals surface area contributed by atoms with Crippen LogP contribution in [-0.2, 0) is 18.9 Å². The van der Waals surface area contributed by atoms with Gasteiger partial charge in [-0.1, -0.05) is 0 Å². The van der Waals surface area contributed by atoms with E-state index in [2.05, 4.69) is 0 Å². The molecule has 0 unspecified atom stereocenters. The third-order valence-electron chi connectivity index (χ3n) is 1.56. The van der Waals surface area contributed by atoms with E-state index in [9.17, 15) is 16.8 Å². The third kappa shape index (κ3) is 1.99. The summed E-state index contributed by atoms with van der Waals surface area (Å²) >= 11 is 0. The highest BCUT2D eigenvalue weighted by Gasteiger charge is 2.31. The lowest BCUT2D eigenvalue weighted by molar-refractivity contribution is 0.601. The first-order valence-electron chi connectivity index (χ1n) is 3.06. The third-order valence-corrected chi connectivity index (χ3v) is 4.98. The van der Waals surface area contributed by atoms with Crippen LogP contribution >= 0.6 is 10.7 Å². The Kier molecular flexibility index (Phi) is 2.26. The van der Waals surface area contributed by atoms with Gasteiger partial charge in [0.15, 0.2) is 9.84 Å². The minimum Gasteiger partial charge on any atom is -0.228 e. The molecule has 0 amide bonds. The van der Waals surface area contributed by atoms with Crippen LogP contribution in [0.1, 0.15) is 6.92 Å². The fraction of sp³-hybridized carbons (Fsp3) is 0.600. The maximum Gasteiger partial charge on any atom is 0.258 e. The molecule has 1 aliphatic heterocycles. The highest BCUT2D eigenvalue weighted by Crippen LogP contribution is 2.26. The minimum absolute atomic E-state index is 0.163. The highest BCUT2D eigenvalue weighted by molar-refractivity contribution is 8.17. The standard InChI is InChI=1S/C5H7ClO4S2/c1-4-2-11(7,8)3-5(4)12(6,9)10/h2-3H2,1H3. The molecule has 0 aromatic heterocycles. The van der Waals surface area contributed by atoms with E-state index in [0.29, 0.717) is 5.57 Å². The Bertz CT molecular complexity index is 428. The van der Waals surface area contributed by atoms with Crippen molar-refractivity contribution in [2.75, 3.05) is 11.5 Å². The molecular weight excluding hydrogens is 224 g/mol. The molecule has 0 aromatic rings. The van der Waals surface area contributed by atoms with Crippen molar-refractivity contribution in [1.29, 1.82) is 0 Å². The summed E-state index contributed by atoms with van der Waals surface area (Å²) in [7, 11) is -2.10. The predicted octanol–water partition coefficient (Wildman–Crippen LogP) is 0.257. The molecule has 0 bridgehead atoms. The minimum atomic E-state index is -3.85. The zero-order valence-electron chi connectivity index (χ0n) is 6.24. The molecule has 12 heavy (non-hydrogen) atoms. The van der Waals surface area contributed by atoms with E-state index in [1.807, 2.05) is 0 Å². The van der Waals surface area contributed by atoms with Crippen LogP contribution in [0.3, 0.4) is 0 Å². The Morgan fingerprint density at radius 3 is 2.00 bits per heavy atom. The van der Waals surface area contributed by atoms with E-state index in [1.165, 1.54) is 6.92 Å². The molecule has 0 aromatic carbocycles. The second kappa shape index (κ2) is 2.71. The molecule has 0 N–H and O–H groups in total. The molecule has 4 nitrogen and oxygen atoms in total. The van der Waals surface area contributed by atoms with Gasteiger partial charge in [-0.3, -0.25) is 0 Å². The smallest absolute Gasteiger partial charge is 0.228 e. The van der Waals surface area contributed by atoms with Gasteiger partial charge in [0, 0.05) is 10.7 Å². The molecule has 1 heterocycles. The lowest BCUT2D eigenvalue weighted by atomic mass is 10.3. The number of hydrogen-bond acceptors (Lipinski definition) is 4. The molecule has 0 spiro atoms. The fourth-order valence-corrected chi connectivity index (χ4v) is 5.12. The molecule has 1 aliphatic rings. The molecule has 7 heteroatoms. The van der Waals surface area contributed by atoms with Crippen LogP contribution in [-0.4, -0.2) is 28.3 Å². The average Bonchev–Trinajstić information content (AvgIpc) is 2.03. The maximum absolute atomic E-state index is 10.9. The first-order valence-corrected chi connectivity index (χ1v) is 7.19. The first kappa shape index (κ1) is 10.0. The van der Waals surface area contributed by atoms with Crippen molar-refractivity contribution in [3.8, 4) is 0 Å². The lowest BCUT2D eigenvalue weighted by Gasteiger charge is -1.93. The van der Waals surface area contributed by atoms with Gasteiger partial charge < -0.3 is 0 Å². The van der Waals surface area contributed by atoms with Crippen LogP contribution < -0.4 is 0 Å². The lowest BCUT2D eigenvalue weighted by Crippen LogP contribution is -2.05. The van der Waals surface area contributed by atoms with Crippen molar-refractivity contribution in [2.45, 2.75) is 6.92 Å². The Balaban J connectivity index is 3.21. The first-order chi connectivity index (χ1) is 5.22. The summed E-state index contributed by atoms with van der Waals surface area (Å²) in [5, 5.41) is 0. The molecule has 0 fully saturated rings. The van der Waals surface area contributed by atoms with Gasteiger partial charge in [0.2, 0.25) is 0 Å². The zero-order valence-corrected chi connectivity index (χ0v) is 8.63. The summed E-state index contributed by atoms with van der Waals surface area (Å²) in [4.78, 5) is -0.163. The van der Waals surface area contributed by atoms with E-state index in [4.69, 9.17) is 10.7 Å². The molecule has 0 saturated carbocycles. The summed E-state index contributed by atoms with van der Waals surface area (Å²) in [6, 6.07) is 0. The van der Waals surface area contributed by atoms with Gasteiger partial charge in [0.25, 0.3) is 9.05 Å². The average molecular weight is 231 g/mol. The number of halogens is 1. The second-order valence-electron chi connectivity index (χ2n) is 2.67. The van der Waals surface area contributed by atoms with Crippen LogP contribution in [0.25, 0.3) is 0 Å². The van der Waals surface area contributed by atoms with E-state index < -0.39 is 24.6 Å². The van der Waals surface area contributed by atoms with Gasteiger partial charge in [-0.05, 0) is 12.5 Å². The largest absolute Gasteiger partial charge is 0.258 e. The van der Waals surface area contributed by atoms with Gasteiger partial charge in [0.1, 0.15) is 0 Å². The zero-order chi connectivity index (χ0) is 9.57. The molecule has 1 rings (SSSR count). The normalized spacial score (nSPS) is 23.2. The van der Waals surface area contributed by atoms with Gasteiger partial charge in [-0.25, -0.2) is 16.8 Å². The number of rotatable bonds is 1. The molecule has 0 aliphatic carbocycles. The van der Waals surface area contributed by atoms with Crippen LogP contribution in [0.4, 0.5) is 0 Å². The van der Waals surface area contributed by atoms with Gasteiger partial charge in [-0.15, -0.1) is 0 Å². The molecule has 70 valence electrons. The number of sulfone groups is 1. The SMILES string of the molecule is CC1=C(S(=O)(=O)Cl)CS(=O)(=O)C1. The maximum atomic E-state index is 10.9. The molecule has 0 radical (unpaired) electrons. The summed E-state index contributed by atoms with van der Waals surface area (Å²) in [6.45, 7) is 1.46. The molecule has 0 saturated heterocycles. The van der Waals surface area contributed by atoms with Crippen molar-refractivity contribution < 1.29 is 16.8 Å². The summed E-state index contributed by atoms with van der Waals surface area (Å²) in [6.07, 6.45) is 0. The quantitative estimate of drug-likeness (QED) is 0.606. The second-order valence-corrected chi connectivity index (χ2v) is 7.33. The molecule has 0 atom stereocenters. The summed E-state index contributed by atoms with van der Waals surface area (Å²) < 4.78 is 43.4. The van der Waals surface area contributed by atoms with Crippen molar-refractivity contribution in [1.82, 2.24) is 0 Å². The van der Waals surface area contributed by atoms with Gasteiger partial charge in [0.05, 0.1) is 16.4 Å². The Morgan fingerprint density at radius 2 is 1.83 bits per heavy atom. The van der Waals surface area contributed by atoms with Crippen LogP contribution in [0.5, 0.6) is 0 Å². The molecular formula is C5H7ClO4S2. The van der Waals surface area contributed by atoms with Gasteiger partial charge >= 0.3 is 0 Å². The van der Waals surface area contributed by atoms with Gasteiger partial charge in [-0.2, -0.15) is 0 Å². The Labute approximate surface area is 75.6 Å². The summed E-state index contributed by atoms with van der Waals surface area (Å²) in [5.74, 6) is -0.654. The van der Waals surface area contributed by atoms with Crippen LogP contribution in [0.2, 0.25) is 0 Å².